The van der Waals surface area contributed by atoms with Gasteiger partial charge in [-0.1, -0.05) is 73.4 Å². The van der Waals surface area contributed by atoms with Gasteiger partial charge in [-0.3, -0.25) is 9.59 Å². The van der Waals surface area contributed by atoms with Gasteiger partial charge in [-0.25, -0.2) is 0 Å². The van der Waals surface area contributed by atoms with Crippen LogP contribution in [0.15, 0.2) is 78.9 Å². The number of ether oxygens (including phenoxy) is 3. The maximum atomic E-state index is 13.7. The lowest BCUT2D eigenvalue weighted by Crippen LogP contribution is -2.43. The van der Waals surface area contributed by atoms with E-state index in [1.54, 1.807) is 18.9 Å². The number of carbonyl (C=O) groups excluding carboxylic acids is 2. The van der Waals surface area contributed by atoms with Crippen molar-refractivity contribution < 1.29 is 28.9 Å². The normalized spacial score (nSPS) is 19.4. The molecule has 1 aliphatic heterocycles. The number of rotatable bonds is 9. The van der Waals surface area contributed by atoms with Crippen molar-refractivity contribution in [3.05, 3.63) is 95.6 Å². The third kappa shape index (κ3) is 7.27. The Labute approximate surface area is 242 Å². The van der Waals surface area contributed by atoms with Crippen molar-refractivity contribution in [2.75, 3.05) is 26.8 Å². The summed E-state index contributed by atoms with van der Waals surface area (Å²) in [5, 5.41) is 10.9. The molecule has 41 heavy (non-hydrogen) atoms. The van der Waals surface area contributed by atoms with Gasteiger partial charge in [0.05, 0.1) is 13.2 Å². The van der Waals surface area contributed by atoms with Gasteiger partial charge in [-0.15, -0.1) is 0 Å². The number of benzene rings is 3. The molecule has 1 N–H and O–H groups in total. The van der Waals surface area contributed by atoms with Crippen molar-refractivity contribution in [2.24, 2.45) is 5.41 Å². The van der Waals surface area contributed by atoms with Crippen molar-refractivity contribution in [2.45, 2.75) is 45.3 Å². The van der Waals surface area contributed by atoms with E-state index in [0.717, 1.165) is 16.7 Å². The van der Waals surface area contributed by atoms with E-state index in [4.69, 9.17) is 14.2 Å². The fourth-order valence-corrected chi connectivity index (χ4v) is 5.30. The summed E-state index contributed by atoms with van der Waals surface area (Å²) in [5.41, 5.74) is 2.05. The van der Waals surface area contributed by atoms with Crippen LogP contribution in [0.5, 0.6) is 11.5 Å². The SMILES string of the molecule is COc1ccc(C2CN(C(=O)C(Cc3ccccc3)OC(C)=O)CC2(C)C(C)O)cc1OCC#Cc1ccccc1. The Morgan fingerprint density at radius 1 is 1.05 bits per heavy atom. The Hall–Kier alpha value is -4.28. The number of amides is 1. The van der Waals surface area contributed by atoms with E-state index < -0.39 is 23.6 Å². The van der Waals surface area contributed by atoms with Gasteiger partial charge in [-0.2, -0.15) is 0 Å². The molecule has 0 spiro atoms. The molecule has 1 amide bonds. The summed E-state index contributed by atoms with van der Waals surface area (Å²) in [7, 11) is 1.58. The molecule has 1 aliphatic rings. The third-order valence-corrected chi connectivity index (χ3v) is 7.74. The largest absolute Gasteiger partial charge is 0.493 e. The molecule has 0 aromatic heterocycles. The van der Waals surface area contributed by atoms with E-state index >= 15 is 0 Å². The minimum atomic E-state index is -0.954. The summed E-state index contributed by atoms with van der Waals surface area (Å²) >= 11 is 0. The summed E-state index contributed by atoms with van der Waals surface area (Å²) in [6, 6.07) is 24.8. The van der Waals surface area contributed by atoms with Crippen molar-refractivity contribution in [3.8, 4) is 23.3 Å². The first kappa shape index (κ1) is 29.7. The Balaban J connectivity index is 1.56. The summed E-state index contributed by atoms with van der Waals surface area (Å²) in [6.07, 6.45) is -1.39. The monoisotopic (exact) mass is 555 g/mol. The molecule has 7 heteroatoms. The zero-order chi connectivity index (χ0) is 29.4. The molecule has 0 aliphatic carbocycles. The number of aliphatic hydroxyl groups excluding tert-OH is 1. The van der Waals surface area contributed by atoms with Gasteiger partial charge < -0.3 is 24.2 Å². The molecule has 1 heterocycles. The molecule has 4 unspecified atom stereocenters. The van der Waals surface area contributed by atoms with E-state index in [0.29, 0.717) is 24.6 Å². The van der Waals surface area contributed by atoms with Crippen LogP contribution in [-0.4, -0.2) is 60.9 Å². The molecule has 7 nitrogen and oxygen atoms in total. The average Bonchev–Trinajstić information content (AvgIpc) is 3.34. The van der Waals surface area contributed by atoms with Gasteiger partial charge in [0.2, 0.25) is 0 Å². The van der Waals surface area contributed by atoms with E-state index in [1.165, 1.54) is 6.92 Å². The number of carbonyl (C=O) groups is 2. The van der Waals surface area contributed by atoms with Crippen molar-refractivity contribution in [1.82, 2.24) is 4.90 Å². The van der Waals surface area contributed by atoms with E-state index in [9.17, 15) is 14.7 Å². The zero-order valence-electron chi connectivity index (χ0n) is 24.0. The molecule has 4 rings (SSSR count). The van der Waals surface area contributed by atoms with E-state index in [1.807, 2.05) is 85.8 Å². The second-order valence-electron chi connectivity index (χ2n) is 10.6. The molecule has 0 saturated carbocycles. The average molecular weight is 556 g/mol. The van der Waals surface area contributed by atoms with E-state index in [-0.39, 0.29) is 24.9 Å². The number of methoxy groups -OCH3 is 1. The molecule has 0 radical (unpaired) electrons. The highest BCUT2D eigenvalue weighted by Gasteiger charge is 2.49. The number of hydrogen-bond acceptors (Lipinski definition) is 6. The first-order valence-electron chi connectivity index (χ1n) is 13.7. The van der Waals surface area contributed by atoms with Crippen molar-refractivity contribution in [1.29, 1.82) is 0 Å². The summed E-state index contributed by atoms with van der Waals surface area (Å²) in [4.78, 5) is 27.3. The molecule has 3 aromatic rings. The molecule has 4 atom stereocenters. The number of esters is 1. The van der Waals surface area contributed by atoms with Crippen LogP contribution in [0.3, 0.4) is 0 Å². The Kier molecular flexibility index (Phi) is 9.69. The highest BCUT2D eigenvalue weighted by Crippen LogP contribution is 2.47. The van der Waals surface area contributed by atoms with Gasteiger partial charge in [0.25, 0.3) is 5.91 Å². The minimum absolute atomic E-state index is 0.168. The molecule has 1 fully saturated rings. The highest BCUT2D eigenvalue weighted by atomic mass is 16.5. The number of likely N-dealkylation sites (tertiary alicyclic amines) is 1. The predicted octanol–water partition coefficient (Wildman–Crippen LogP) is 4.61. The first-order valence-corrected chi connectivity index (χ1v) is 13.7. The third-order valence-electron chi connectivity index (χ3n) is 7.74. The van der Waals surface area contributed by atoms with Gasteiger partial charge in [0.15, 0.2) is 17.6 Å². The van der Waals surface area contributed by atoms with Crippen LogP contribution in [0.25, 0.3) is 0 Å². The van der Waals surface area contributed by atoms with Crippen LogP contribution in [0, 0.1) is 17.3 Å². The number of hydrogen-bond donors (Lipinski definition) is 1. The maximum absolute atomic E-state index is 13.7. The van der Waals surface area contributed by atoms with Gasteiger partial charge in [0, 0.05) is 43.3 Å². The van der Waals surface area contributed by atoms with E-state index in [2.05, 4.69) is 11.8 Å². The highest BCUT2D eigenvalue weighted by molar-refractivity contribution is 5.84. The van der Waals surface area contributed by atoms with Crippen molar-refractivity contribution >= 4 is 11.9 Å². The minimum Gasteiger partial charge on any atom is -0.493 e. The summed E-state index contributed by atoms with van der Waals surface area (Å²) < 4.78 is 17.0. The van der Waals surface area contributed by atoms with Crippen LogP contribution >= 0.6 is 0 Å². The first-order chi connectivity index (χ1) is 19.7. The smallest absolute Gasteiger partial charge is 0.303 e. The predicted molar refractivity (Wildman–Crippen MR) is 157 cm³/mol. The molecule has 0 bridgehead atoms. The molecule has 214 valence electrons. The number of aliphatic hydroxyl groups is 1. The fraction of sp³-hybridized carbons (Fsp3) is 0.353. The van der Waals surface area contributed by atoms with Gasteiger partial charge in [0.1, 0.15) is 6.61 Å². The second kappa shape index (κ2) is 13.4. The van der Waals surface area contributed by atoms with Crippen LogP contribution in [-0.2, 0) is 20.7 Å². The van der Waals surface area contributed by atoms with Crippen LogP contribution < -0.4 is 9.47 Å². The Morgan fingerprint density at radius 2 is 1.73 bits per heavy atom. The molecule has 3 aromatic carbocycles. The lowest BCUT2D eigenvalue weighted by atomic mass is 9.72. The van der Waals surface area contributed by atoms with Crippen LogP contribution in [0.1, 0.15) is 43.4 Å². The Bertz CT molecular complexity index is 1390. The lowest BCUT2D eigenvalue weighted by molar-refractivity contribution is -0.158. The zero-order valence-corrected chi connectivity index (χ0v) is 24.0. The molecular formula is C34H37NO6. The molecule has 1 saturated heterocycles. The second-order valence-corrected chi connectivity index (χ2v) is 10.6. The van der Waals surface area contributed by atoms with Crippen LogP contribution in [0.4, 0.5) is 0 Å². The van der Waals surface area contributed by atoms with Crippen LogP contribution in [0.2, 0.25) is 0 Å². The van der Waals surface area contributed by atoms with Crippen molar-refractivity contribution in [3.63, 3.8) is 0 Å². The van der Waals surface area contributed by atoms with Gasteiger partial charge >= 0.3 is 5.97 Å². The lowest BCUT2D eigenvalue weighted by Gasteiger charge is -2.34. The fourth-order valence-electron chi connectivity index (χ4n) is 5.30. The molecular weight excluding hydrogens is 518 g/mol. The Morgan fingerprint density at radius 3 is 2.37 bits per heavy atom. The summed E-state index contributed by atoms with van der Waals surface area (Å²) in [6.45, 7) is 5.86. The standard InChI is InChI=1S/C34H37NO6/c1-24(36)34(3)23-35(33(38)32(41-25(2)37)20-27-14-9-6-10-15-27)22-29(34)28-17-18-30(39-4)31(21-28)40-19-11-16-26-12-7-5-8-13-26/h5-10,12-15,17-18,21,24,29,32,36H,19-20,22-23H2,1-4H3. The quantitative estimate of drug-likeness (QED) is 0.307. The topological polar surface area (TPSA) is 85.3 Å². The van der Waals surface area contributed by atoms with Gasteiger partial charge in [-0.05, 0) is 42.3 Å². The number of nitrogens with zero attached hydrogens (tertiary/aromatic N) is 1. The summed E-state index contributed by atoms with van der Waals surface area (Å²) in [5.74, 6) is 6.22. The maximum Gasteiger partial charge on any atom is 0.303 e.